The van der Waals surface area contributed by atoms with Gasteiger partial charge in [-0.05, 0) is 6.42 Å². The van der Waals surface area contributed by atoms with E-state index in [1.165, 1.54) is 0 Å². The van der Waals surface area contributed by atoms with Gasteiger partial charge in [-0.15, -0.1) is 5.56 Å². The molecular formula is C15H16ClN2OY-. The first kappa shape index (κ1) is 17.5. The van der Waals surface area contributed by atoms with Crippen molar-refractivity contribution in [1.82, 2.24) is 9.55 Å². The summed E-state index contributed by atoms with van der Waals surface area (Å²) in [7, 11) is 0. The van der Waals surface area contributed by atoms with Crippen molar-refractivity contribution in [3.63, 3.8) is 0 Å². The van der Waals surface area contributed by atoms with Crippen LogP contribution in [0.3, 0.4) is 0 Å². The summed E-state index contributed by atoms with van der Waals surface area (Å²) in [5.41, 5.74) is 1.56. The number of nitrogens with zero attached hydrogens (tertiary/aromatic N) is 2. The third-order valence-electron chi connectivity index (χ3n) is 3.03. The zero-order valence-corrected chi connectivity index (χ0v) is 15.1. The van der Waals surface area contributed by atoms with Gasteiger partial charge in [0.1, 0.15) is 11.5 Å². The SMILES string of the molecule is CCCCc1nc(Cl)c(C=O)n1Cc1cc[c-]cc1.[Y]. The number of benzene rings is 1. The molecule has 20 heavy (non-hydrogen) atoms. The first-order valence-corrected chi connectivity index (χ1v) is 6.79. The molecule has 0 aliphatic carbocycles. The quantitative estimate of drug-likeness (QED) is 0.580. The van der Waals surface area contributed by atoms with E-state index in [1.54, 1.807) is 0 Å². The van der Waals surface area contributed by atoms with Crippen LogP contribution in [0.15, 0.2) is 24.3 Å². The van der Waals surface area contributed by atoms with Gasteiger partial charge in [-0.25, -0.2) is 4.98 Å². The van der Waals surface area contributed by atoms with E-state index in [4.69, 9.17) is 11.6 Å². The zero-order valence-electron chi connectivity index (χ0n) is 11.5. The fraction of sp³-hybridized carbons (Fsp3) is 0.333. The molecular weight excluding hydrogens is 349 g/mol. The summed E-state index contributed by atoms with van der Waals surface area (Å²) in [6.07, 6.45) is 3.73. The second-order valence-electron chi connectivity index (χ2n) is 4.42. The summed E-state index contributed by atoms with van der Waals surface area (Å²) in [5.74, 6) is 0.877. The monoisotopic (exact) mass is 364 g/mol. The Morgan fingerprint density at radius 2 is 2.10 bits per heavy atom. The van der Waals surface area contributed by atoms with Gasteiger partial charge < -0.3 is 4.57 Å². The van der Waals surface area contributed by atoms with E-state index in [0.29, 0.717) is 17.4 Å². The van der Waals surface area contributed by atoms with Crippen molar-refractivity contribution in [2.45, 2.75) is 32.7 Å². The van der Waals surface area contributed by atoms with Gasteiger partial charge in [-0.2, -0.15) is 30.3 Å². The van der Waals surface area contributed by atoms with Crippen LogP contribution in [0.4, 0.5) is 0 Å². The van der Waals surface area contributed by atoms with E-state index >= 15 is 0 Å². The molecule has 0 fully saturated rings. The molecule has 0 unspecified atom stereocenters. The average Bonchev–Trinajstić information content (AvgIpc) is 2.73. The molecule has 2 aromatic rings. The molecule has 0 aliphatic heterocycles. The molecule has 0 bridgehead atoms. The Kier molecular flexibility index (Phi) is 7.64. The Balaban J connectivity index is 0.00000200. The molecule has 3 nitrogen and oxygen atoms in total. The van der Waals surface area contributed by atoms with Gasteiger partial charge in [0.15, 0.2) is 11.4 Å². The van der Waals surface area contributed by atoms with E-state index in [0.717, 1.165) is 36.9 Å². The van der Waals surface area contributed by atoms with Crippen LogP contribution in [-0.4, -0.2) is 15.8 Å². The second-order valence-corrected chi connectivity index (χ2v) is 4.78. The van der Waals surface area contributed by atoms with Crippen molar-refractivity contribution in [3.05, 3.63) is 52.6 Å². The van der Waals surface area contributed by atoms with Crippen molar-refractivity contribution >= 4 is 17.9 Å². The number of aryl methyl sites for hydroxylation is 1. The molecule has 0 saturated carbocycles. The molecule has 0 spiro atoms. The van der Waals surface area contributed by atoms with Crippen molar-refractivity contribution < 1.29 is 37.5 Å². The Hall–Kier alpha value is -0.506. The topological polar surface area (TPSA) is 34.9 Å². The smallest absolute Gasteiger partial charge is 0.169 e. The summed E-state index contributed by atoms with van der Waals surface area (Å²) < 4.78 is 1.90. The minimum Gasteiger partial charge on any atom is -0.322 e. The van der Waals surface area contributed by atoms with Crippen LogP contribution in [0.2, 0.25) is 5.15 Å². The number of hydrogen-bond donors (Lipinski definition) is 0. The predicted molar refractivity (Wildman–Crippen MR) is 75.6 cm³/mol. The number of aromatic nitrogens is 2. The molecule has 1 aromatic heterocycles. The fourth-order valence-electron chi connectivity index (χ4n) is 2.01. The van der Waals surface area contributed by atoms with Crippen LogP contribution >= 0.6 is 11.6 Å². The first-order chi connectivity index (χ1) is 9.26. The molecule has 103 valence electrons. The van der Waals surface area contributed by atoms with E-state index in [-0.39, 0.29) is 32.7 Å². The van der Waals surface area contributed by atoms with Gasteiger partial charge in [0.05, 0.1) is 0 Å². The van der Waals surface area contributed by atoms with Crippen LogP contribution in [0.25, 0.3) is 0 Å². The standard InChI is InChI=1S/C15H16ClN2O.Y/c1-2-3-9-14-17-15(16)13(11-19)18(14)10-12-7-5-4-6-8-12;/h5-8,11H,2-3,9-10H2,1H3;/q-1;. The van der Waals surface area contributed by atoms with Crippen molar-refractivity contribution in [1.29, 1.82) is 0 Å². The van der Waals surface area contributed by atoms with Crippen molar-refractivity contribution in [3.8, 4) is 0 Å². The van der Waals surface area contributed by atoms with Gasteiger partial charge in [0.25, 0.3) is 0 Å². The maximum atomic E-state index is 11.2. The van der Waals surface area contributed by atoms with Crippen molar-refractivity contribution in [2.24, 2.45) is 0 Å². The number of hydrogen-bond acceptors (Lipinski definition) is 2. The normalized spacial score (nSPS) is 10.1. The average molecular weight is 365 g/mol. The molecule has 1 radical (unpaired) electrons. The van der Waals surface area contributed by atoms with Gasteiger partial charge in [0.2, 0.25) is 0 Å². The largest absolute Gasteiger partial charge is 0.322 e. The minimum absolute atomic E-state index is 0. The number of rotatable bonds is 6. The Labute approximate surface area is 149 Å². The molecule has 0 aliphatic rings. The zero-order chi connectivity index (χ0) is 13.7. The third-order valence-corrected chi connectivity index (χ3v) is 3.31. The summed E-state index contributed by atoms with van der Waals surface area (Å²) >= 11 is 6.03. The van der Waals surface area contributed by atoms with Crippen LogP contribution in [-0.2, 0) is 45.7 Å². The van der Waals surface area contributed by atoms with Gasteiger partial charge in [-0.1, -0.05) is 24.9 Å². The van der Waals surface area contributed by atoms with Crippen LogP contribution in [0.5, 0.6) is 0 Å². The van der Waals surface area contributed by atoms with Gasteiger partial charge >= 0.3 is 0 Å². The summed E-state index contributed by atoms with van der Waals surface area (Å²) in [6, 6.07) is 10.7. The van der Waals surface area contributed by atoms with Crippen LogP contribution in [0, 0.1) is 6.07 Å². The Morgan fingerprint density at radius 1 is 1.40 bits per heavy atom. The number of imidazole rings is 1. The maximum absolute atomic E-state index is 11.2. The molecule has 0 amide bonds. The molecule has 1 aromatic carbocycles. The predicted octanol–water partition coefficient (Wildman–Crippen LogP) is 3.54. The number of carbonyl (C=O) groups is 1. The molecule has 5 heteroatoms. The van der Waals surface area contributed by atoms with Crippen LogP contribution < -0.4 is 0 Å². The summed E-state index contributed by atoms with van der Waals surface area (Å²) in [4.78, 5) is 15.5. The summed E-state index contributed by atoms with van der Waals surface area (Å²) in [5, 5.41) is 0.295. The van der Waals surface area contributed by atoms with E-state index < -0.39 is 0 Å². The number of halogens is 1. The second kappa shape index (κ2) is 8.71. The summed E-state index contributed by atoms with van der Waals surface area (Å²) in [6.45, 7) is 2.74. The minimum atomic E-state index is 0. The molecule has 1 heterocycles. The molecule has 0 N–H and O–H groups in total. The fourth-order valence-corrected chi connectivity index (χ4v) is 2.25. The first-order valence-electron chi connectivity index (χ1n) is 6.41. The number of carbonyl (C=O) groups excluding carboxylic acids is 1. The molecule has 0 saturated heterocycles. The third kappa shape index (κ3) is 4.24. The van der Waals surface area contributed by atoms with Gasteiger partial charge in [-0.3, -0.25) is 4.79 Å². The Morgan fingerprint density at radius 3 is 2.70 bits per heavy atom. The van der Waals surface area contributed by atoms with E-state index in [9.17, 15) is 4.79 Å². The Bertz CT molecular complexity index is 555. The molecule has 2 rings (SSSR count). The maximum Gasteiger partial charge on any atom is 0.169 e. The van der Waals surface area contributed by atoms with Crippen molar-refractivity contribution in [2.75, 3.05) is 0 Å². The van der Waals surface area contributed by atoms with E-state index in [2.05, 4.69) is 18.0 Å². The van der Waals surface area contributed by atoms with E-state index in [1.807, 2.05) is 28.8 Å². The van der Waals surface area contributed by atoms with Crippen LogP contribution in [0.1, 0.15) is 41.6 Å². The number of unbranched alkanes of at least 4 members (excludes halogenated alkanes) is 1. The number of aldehydes is 1. The van der Waals surface area contributed by atoms with Gasteiger partial charge in [0, 0.05) is 45.7 Å². The molecule has 0 atom stereocenters.